The van der Waals surface area contributed by atoms with Crippen LogP contribution in [0.15, 0.2) is 24.3 Å². The number of carbonyl (C=O) groups excluding carboxylic acids is 1. The zero-order valence-electron chi connectivity index (χ0n) is 12.9. The summed E-state index contributed by atoms with van der Waals surface area (Å²) >= 11 is 0. The molecular formula is C16H27N3O. The third kappa shape index (κ3) is 6.17. The Labute approximate surface area is 122 Å². The van der Waals surface area contributed by atoms with Crippen molar-refractivity contribution in [3.63, 3.8) is 0 Å². The Morgan fingerprint density at radius 1 is 1.35 bits per heavy atom. The van der Waals surface area contributed by atoms with Crippen molar-refractivity contribution in [1.82, 2.24) is 4.90 Å². The van der Waals surface area contributed by atoms with E-state index in [4.69, 9.17) is 5.73 Å². The van der Waals surface area contributed by atoms with E-state index in [0.717, 1.165) is 25.3 Å². The highest BCUT2D eigenvalue weighted by molar-refractivity contribution is 5.90. The molecule has 0 heterocycles. The third-order valence-corrected chi connectivity index (χ3v) is 3.34. The van der Waals surface area contributed by atoms with Gasteiger partial charge in [-0.25, -0.2) is 0 Å². The molecule has 0 aromatic heterocycles. The predicted octanol–water partition coefficient (Wildman–Crippen LogP) is 2.59. The molecule has 1 aromatic carbocycles. The largest absolute Gasteiger partial charge is 0.328 e. The van der Waals surface area contributed by atoms with Crippen LogP contribution in [-0.4, -0.2) is 29.9 Å². The van der Waals surface area contributed by atoms with Crippen LogP contribution in [0.2, 0.25) is 0 Å². The van der Waals surface area contributed by atoms with Crippen molar-refractivity contribution in [2.75, 3.05) is 18.4 Å². The smallest absolute Gasteiger partial charge is 0.224 e. The fourth-order valence-corrected chi connectivity index (χ4v) is 2.04. The Bertz CT molecular complexity index is 414. The molecule has 1 rings (SSSR count). The van der Waals surface area contributed by atoms with E-state index in [1.54, 1.807) is 0 Å². The first-order valence-electron chi connectivity index (χ1n) is 7.41. The van der Waals surface area contributed by atoms with Crippen molar-refractivity contribution >= 4 is 11.6 Å². The van der Waals surface area contributed by atoms with Crippen LogP contribution < -0.4 is 11.1 Å². The maximum atomic E-state index is 11.8. The second-order valence-corrected chi connectivity index (χ2v) is 5.23. The van der Waals surface area contributed by atoms with Gasteiger partial charge in [-0.05, 0) is 44.1 Å². The first-order valence-corrected chi connectivity index (χ1v) is 7.41. The molecule has 0 bridgehead atoms. The number of nitrogens with two attached hydrogens (primary N) is 1. The monoisotopic (exact) mass is 277 g/mol. The maximum absolute atomic E-state index is 11.8. The highest BCUT2D eigenvalue weighted by Crippen LogP contribution is 2.13. The van der Waals surface area contributed by atoms with Crippen molar-refractivity contribution in [2.45, 2.75) is 46.2 Å². The summed E-state index contributed by atoms with van der Waals surface area (Å²) in [6.45, 7) is 9.20. The molecule has 0 radical (unpaired) electrons. The van der Waals surface area contributed by atoms with Gasteiger partial charge in [-0.15, -0.1) is 0 Å². The topological polar surface area (TPSA) is 58.4 Å². The molecule has 0 saturated carbocycles. The van der Waals surface area contributed by atoms with Gasteiger partial charge in [0, 0.05) is 24.7 Å². The van der Waals surface area contributed by atoms with Crippen LogP contribution in [0.4, 0.5) is 5.69 Å². The van der Waals surface area contributed by atoms with Gasteiger partial charge in [0.1, 0.15) is 0 Å². The van der Waals surface area contributed by atoms with Gasteiger partial charge in [0.25, 0.3) is 0 Å². The Hall–Kier alpha value is -1.39. The standard InChI is InChI=1S/C16H27N3O/c1-4-19(5-2)12-14-7-6-8-15(11-14)18-16(20)10-9-13(3)17/h6-8,11,13H,4-5,9-10,12,17H2,1-3H3,(H,18,20). The molecule has 3 N–H and O–H groups in total. The quantitative estimate of drug-likeness (QED) is 0.768. The molecule has 1 aromatic rings. The van der Waals surface area contributed by atoms with Crippen LogP contribution in [0.25, 0.3) is 0 Å². The van der Waals surface area contributed by atoms with Gasteiger partial charge in [0.2, 0.25) is 5.91 Å². The number of benzene rings is 1. The lowest BCUT2D eigenvalue weighted by atomic mass is 10.1. The molecule has 0 saturated heterocycles. The molecule has 112 valence electrons. The van der Waals surface area contributed by atoms with Gasteiger partial charge >= 0.3 is 0 Å². The first-order chi connectivity index (χ1) is 9.55. The molecular weight excluding hydrogens is 250 g/mol. The van der Waals surface area contributed by atoms with Crippen LogP contribution in [0.1, 0.15) is 39.2 Å². The molecule has 0 aliphatic carbocycles. The summed E-state index contributed by atoms with van der Waals surface area (Å²) in [5.41, 5.74) is 7.74. The second kappa shape index (κ2) is 8.72. The normalized spacial score (nSPS) is 12.4. The van der Waals surface area contributed by atoms with E-state index in [1.807, 2.05) is 25.1 Å². The summed E-state index contributed by atoms with van der Waals surface area (Å²) in [4.78, 5) is 14.1. The highest BCUT2D eigenvalue weighted by Gasteiger charge is 2.06. The maximum Gasteiger partial charge on any atom is 0.224 e. The molecule has 0 spiro atoms. The molecule has 0 aliphatic heterocycles. The number of nitrogens with zero attached hydrogens (tertiary/aromatic N) is 1. The Morgan fingerprint density at radius 3 is 2.65 bits per heavy atom. The van der Waals surface area contributed by atoms with E-state index in [0.29, 0.717) is 12.8 Å². The SMILES string of the molecule is CCN(CC)Cc1cccc(NC(=O)CCC(C)N)c1. The molecule has 4 nitrogen and oxygen atoms in total. The predicted molar refractivity (Wildman–Crippen MR) is 84.6 cm³/mol. The number of hydrogen-bond donors (Lipinski definition) is 2. The van der Waals surface area contributed by atoms with Crippen molar-refractivity contribution in [3.05, 3.63) is 29.8 Å². The molecule has 1 amide bonds. The summed E-state index contributed by atoms with van der Waals surface area (Å²) in [6.07, 6.45) is 1.18. The molecule has 1 unspecified atom stereocenters. The zero-order chi connectivity index (χ0) is 15.0. The summed E-state index contributed by atoms with van der Waals surface area (Å²) < 4.78 is 0. The van der Waals surface area contributed by atoms with Crippen molar-refractivity contribution in [3.8, 4) is 0 Å². The average molecular weight is 277 g/mol. The Balaban J connectivity index is 2.57. The zero-order valence-corrected chi connectivity index (χ0v) is 12.9. The first kappa shape index (κ1) is 16.7. The fraction of sp³-hybridized carbons (Fsp3) is 0.562. The van der Waals surface area contributed by atoms with E-state index >= 15 is 0 Å². The number of rotatable bonds is 8. The average Bonchev–Trinajstić information content (AvgIpc) is 2.43. The Kier molecular flexibility index (Phi) is 7.26. The van der Waals surface area contributed by atoms with E-state index in [1.165, 1.54) is 5.56 Å². The van der Waals surface area contributed by atoms with Crippen LogP contribution in [0.5, 0.6) is 0 Å². The minimum atomic E-state index is 0.0299. The summed E-state index contributed by atoms with van der Waals surface area (Å²) in [6, 6.07) is 8.11. The number of amides is 1. The van der Waals surface area contributed by atoms with E-state index in [2.05, 4.69) is 30.1 Å². The molecule has 0 aliphatic rings. The number of hydrogen-bond acceptors (Lipinski definition) is 3. The van der Waals surface area contributed by atoms with Gasteiger partial charge in [0.05, 0.1) is 0 Å². The van der Waals surface area contributed by atoms with Gasteiger partial charge in [-0.3, -0.25) is 9.69 Å². The minimum absolute atomic E-state index is 0.0299. The fourth-order valence-electron chi connectivity index (χ4n) is 2.04. The van der Waals surface area contributed by atoms with Gasteiger partial charge in [0.15, 0.2) is 0 Å². The van der Waals surface area contributed by atoms with Crippen LogP contribution >= 0.6 is 0 Å². The minimum Gasteiger partial charge on any atom is -0.328 e. The van der Waals surface area contributed by atoms with Gasteiger partial charge in [-0.2, -0.15) is 0 Å². The second-order valence-electron chi connectivity index (χ2n) is 5.23. The van der Waals surface area contributed by atoms with Crippen LogP contribution in [-0.2, 0) is 11.3 Å². The van der Waals surface area contributed by atoms with E-state index < -0.39 is 0 Å². The van der Waals surface area contributed by atoms with E-state index in [-0.39, 0.29) is 11.9 Å². The lowest BCUT2D eigenvalue weighted by molar-refractivity contribution is -0.116. The Morgan fingerprint density at radius 2 is 2.05 bits per heavy atom. The molecule has 0 fully saturated rings. The number of nitrogens with one attached hydrogen (secondary N) is 1. The number of carbonyl (C=O) groups is 1. The van der Waals surface area contributed by atoms with E-state index in [9.17, 15) is 4.79 Å². The van der Waals surface area contributed by atoms with Gasteiger partial charge < -0.3 is 11.1 Å². The molecule has 4 heteroatoms. The summed E-state index contributed by atoms with van der Waals surface area (Å²) in [5, 5.41) is 2.93. The number of anilines is 1. The third-order valence-electron chi connectivity index (χ3n) is 3.34. The van der Waals surface area contributed by atoms with Crippen molar-refractivity contribution in [2.24, 2.45) is 5.73 Å². The molecule has 20 heavy (non-hydrogen) atoms. The summed E-state index contributed by atoms with van der Waals surface area (Å²) in [7, 11) is 0. The highest BCUT2D eigenvalue weighted by atomic mass is 16.1. The summed E-state index contributed by atoms with van der Waals surface area (Å²) in [5.74, 6) is 0.0299. The van der Waals surface area contributed by atoms with Crippen LogP contribution in [0.3, 0.4) is 0 Å². The van der Waals surface area contributed by atoms with Crippen molar-refractivity contribution in [1.29, 1.82) is 0 Å². The van der Waals surface area contributed by atoms with Crippen LogP contribution in [0, 0.1) is 0 Å². The molecule has 1 atom stereocenters. The van der Waals surface area contributed by atoms with Gasteiger partial charge in [-0.1, -0.05) is 26.0 Å². The lowest BCUT2D eigenvalue weighted by Gasteiger charge is -2.18. The lowest BCUT2D eigenvalue weighted by Crippen LogP contribution is -2.22. The van der Waals surface area contributed by atoms with Crippen molar-refractivity contribution < 1.29 is 4.79 Å².